The van der Waals surface area contributed by atoms with Crippen molar-refractivity contribution in [3.63, 3.8) is 0 Å². The second kappa shape index (κ2) is 10.3. The second-order valence-corrected chi connectivity index (χ2v) is 7.40. The molecule has 1 heterocycles. The number of ether oxygens (including phenoxy) is 1. The van der Waals surface area contributed by atoms with E-state index in [4.69, 9.17) is 10.5 Å². The number of nitrogens with zero attached hydrogens (tertiary/aromatic N) is 2. The lowest BCUT2D eigenvalue weighted by Gasteiger charge is -2.38. The Morgan fingerprint density at radius 3 is 2.31 bits per heavy atom. The molecule has 0 unspecified atom stereocenters. The molecule has 2 N–H and O–H groups in total. The van der Waals surface area contributed by atoms with Crippen molar-refractivity contribution in [2.75, 3.05) is 33.3 Å². The molecule has 2 rings (SSSR count). The number of methoxy groups -OCH3 is 1. The van der Waals surface area contributed by atoms with E-state index < -0.39 is 6.04 Å². The maximum Gasteiger partial charge on any atom is 0.240 e. The largest absolute Gasteiger partial charge is 0.496 e. The van der Waals surface area contributed by atoms with Crippen LogP contribution in [0.25, 0.3) is 0 Å². The van der Waals surface area contributed by atoms with Crippen molar-refractivity contribution in [2.45, 2.75) is 33.4 Å². The maximum atomic E-state index is 13.5. The summed E-state index contributed by atoms with van der Waals surface area (Å²) in [5, 5.41) is 0. The Kier molecular flexibility index (Phi) is 9.88. The highest BCUT2D eigenvalue weighted by molar-refractivity contribution is 5.85. The number of amides is 1. The predicted molar refractivity (Wildman–Crippen MR) is 107 cm³/mol. The SMILES string of the molecule is COc1ccc(F)cc1CN1CCN(C(=O)[C@@H](N)C(C)(C)C)CC1.Cl.Cl. The van der Waals surface area contributed by atoms with Crippen molar-refractivity contribution in [1.82, 2.24) is 9.80 Å². The van der Waals surface area contributed by atoms with Gasteiger partial charge < -0.3 is 15.4 Å². The average molecular weight is 410 g/mol. The fourth-order valence-corrected chi connectivity index (χ4v) is 2.81. The van der Waals surface area contributed by atoms with Gasteiger partial charge in [-0.2, -0.15) is 0 Å². The lowest BCUT2D eigenvalue weighted by Crippen LogP contribution is -2.56. The number of benzene rings is 1. The summed E-state index contributed by atoms with van der Waals surface area (Å²) in [6, 6.07) is 4.05. The molecule has 150 valence electrons. The minimum absolute atomic E-state index is 0. The molecule has 0 aromatic heterocycles. The number of piperazine rings is 1. The summed E-state index contributed by atoms with van der Waals surface area (Å²) in [6.45, 7) is 9.28. The monoisotopic (exact) mass is 409 g/mol. The Morgan fingerprint density at radius 2 is 1.81 bits per heavy atom. The standard InChI is InChI=1S/C18H28FN3O2.2ClH/c1-18(2,3)16(20)17(23)22-9-7-21(8-10-22)12-13-11-14(19)5-6-15(13)24-4;;/h5-6,11,16H,7-10,12,20H2,1-4H3;2*1H/t16-;;/m1../s1. The first-order chi connectivity index (χ1) is 11.2. The molecule has 1 aliphatic heterocycles. The maximum absolute atomic E-state index is 13.5. The van der Waals surface area contributed by atoms with E-state index in [9.17, 15) is 9.18 Å². The molecule has 0 aliphatic carbocycles. The molecule has 5 nitrogen and oxygen atoms in total. The number of halogens is 3. The number of carbonyl (C=O) groups excluding carboxylic acids is 1. The summed E-state index contributed by atoms with van der Waals surface area (Å²) in [6.07, 6.45) is 0. The summed E-state index contributed by atoms with van der Waals surface area (Å²) >= 11 is 0. The molecule has 1 saturated heterocycles. The molecule has 1 amide bonds. The Hall–Kier alpha value is -1.08. The van der Waals surface area contributed by atoms with E-state index in [1.807, 2.05) is 25.7 Å². The average Bonchev–Trinajstić information content (AvgIpc) is 2.53. The van der Waals surface area contributed by atoms with Gasteiger partial charge in [-0.15, -0.1) is 24.8 Å². The van der Waals surface area contributed by atoms with Gasteiger partial charge in [-0.05, 0) is 23.6 Å². The third kappa shape index (κ3) is 6.27. The smallest absolute Gasteiger partial charge is 0.240 e. The molecule has 0 spiro atoms. The first-order valence-electron chi connectivity index (χ1n) is 8.31. The van der Waals surface area contributed by atoms with E-state index >= 15 is 0 Å². The van der Waals surface area contributed by atoms with Crippen molar-refractivity contribution >= 4 is 30.7 Å². The minimum atomic E-state index is -0.493. The highest BCUT2D eigenvalue weighted by atomic mass is 35.5. The molecule has 1 aromatic carbocycles. The van der Waals surface area contributed by atoms with Crippen LogP contribution in [0.2, 0.25) is 0 Å². The normalized spacial score (nSPS) is 16.3. The summed E-state index contributed by atoms with van der Waals surface area (Å²) in [7, 11) is 1.58. The van der Waals surface area contributed by atoms with Crippen LogP contribution in [-0.4, -0.2) is 55.0 Å². The highest BCUT2D eigenvalue weighted by Gasteiger charge is 2.32. The summed E-state index contributed by atoms with van der Waals surface area (Å²) in [4.78, 5) is 16.5. The van der Waals surface area contributed by atoms with Crippen LogP contribution in [0.5, 0.6) is 5.75 Å². The molecule has 1 atom stereocenters. The van der Waals surface area contributed by atoms with Crippen LogP contribution in [0.15, 0.2) is 18.2 Å². The predicted octanol–water partition coefficient (Wildman–Crippen LogP) is 2.70. The number of rotatable bonds is 4. The van der Waals surface area contributed by atoms with Crippen LogP contribution in [0, 0.1) is 11.2 Å². The first kappa shape index (κ1) is 24.9. The van der Waals surface area contributed by atoms with Gasteiger partial charge >= 0.3 is 0 Å². The Morgan fingerprint density at radius 1 is 1.23 bits per heavy atom. The number of hydrogen-bond donors (Lipinski definition) is 1. The van der Waals surface area contributed by atoms with Gasteiger partial charge in [0.05, 0.1) is 13.2 Å². The molecule has 8 heteroatoms. The molecule has 1 fully saturated rings. The first-order valence-corrected chi connectivity index (χ1v) is 8.31. The third-order valence-electron chi connectivity index (χ3n) is 4.52. The van der Waals surface area contributed by atoms with Crippen molar-refractivity contribution in [1.29, 1.82) is 0 Å². The highest BCUT2D eigenvalue weighted by Crippen LogP contribution is 2.23. The lowest BCUT2D eigenvalue weighted by molar-refractivity contribution is -0.136. The number of carbonyl (C=O) groups is 1. The van der Waals surface area contributed by atoms with Gasteiger partial charge in [0.2, 0.25) is 5.91 Å². The Balaban J connectivity index is 0.00000312. The van der Waals surface area contributed by atoms with Crippen molar-refractivity contribution in [3.05, 3.63) is 29.6 Å². The van der Waals surface area contributed by atoms with E-state index in [-0.39, 0.29) is 42.0 Å². The number of hydrogen-bond acceptors (Lipinski definition) is 4. The van der Waals surface area contributed by atoms with Crippen LogP contribution in [-0.2, 0) is 11.3 Å². The summed E-state index contributed by atoms with van der Waals surface area (Å²) < 4.78 is 18.8. The van der Waals surface area contributed by atoms with Gasteiger partial charge in [-0.25, -0.2) is 4.39 Å². The fraction of sp³-hybridized carbons (Fsp3) is 0.611. The zero-order chi connectivity index (χ0) is 17.9. The van der Waals surface area contributed by atoms with Crippen LogP contribution < -0.4 is 10.5 Å². The Labute approximate surface area is 167 Å². The van der Waals surface area contributed by atoms with Crippen molar-refractivity contribution in [2.24, 2.45) is 11.1 Å². The second-order valence-electron chi connectivity index (χ2n) is 7.40. The van der Waals surface area contributed by atoms with E-state index in [0.717, 1.165) is 18.7 Å². The van der Waals surface area contributed by atoms with Gasteiger partial charge in [-0.1, -0.05) is 20.8 Å². The minimum Gasteiger partial charge on any atom is -0.496 e. The molecular formula is C18H30Cl2FN3O2. The van der Waals surface area contributed by atoms with E-state index in [1.54, 1.807) is 13.2 Å². The fourth-order valence-electron chi connectivity index (χ4n) is 2.81. The van der Waals surface area contributed by atoms with Gasteiger partial charge in [0.1, 0.15) is 11.6 Å². The van der Waals surface area contributed by atoms with E-state index in [1.165, 1.54) is 12.1 Å². The van der Waals surface area contributed by atoms with Gasteiger partial charge in [-0.3, -0.25) is 9.69 Å². The lowest BCUT2D eigenvalue weighted by atomic mass is 9.86. The van der Waals surface area contributed by atoms with E-state index in [2.05, 4.69) is 4.90 Å². The van der Waals surface area contributed by atoms with Crippen LogP contribution >= 0.6 is 24.8 Å². The van der Waals surface area contributed by atoms with Crippen molar-refractivity contribution < 1.29 is 13.9 Å². The van der Waals surface area contributed by atoms with Crippen molar-refractivity contribution in [3.8, 4) is 5.75 Å². The molecule has 0 radical (unpaired) electrons. The van der Waals surface area contributed by atoms with E-state index in [0.29, 0.717) is 25.4 Å². The molecule has 0 bridgehead atoms. The quantitative estimate of drug-likeness (QED) is 0.830. The van der Waals surface area contributed by atoms with Crippen LogP contribution in [0.4, 0.5) is 4.39 Å². The zero-order valence-electron chi connectivity index (χ0n) is 15.8. The summed E-state index contributed by atoms with van der Waals surface area (Å²) in [5.74, 6) is 0.422. The molecule has 0 saturated carbocycles. The Bertz CT molecular complexity index is 588. The molecule has 26 heavy (non-hydrogen) atoms. The van der Waals surface area contributed by atoms with Gasteiger partial charge in [0.25, 0.3) is 0 Å². The number of nitrogens with two attached hydrogens (primary N) is 1. The van der Waals surface area contributed by atoms with Gasteiger partial charge in [0, 0.05) is 38.3 Å². The third-order valence-corrected chi connectivity index (χ3v) is 4.52. The molecular weight excluding hydrogens is 380 g/mol. The molecule has 1 aliphatic rings. The van der Waals surface area contributed by atoms with Gasteiger partial charge in [0.15, 0.2) is 0 Å². The van der Waals surface area contributed by atoms with Crippen LogP contribution in [0.1, 0.15) is 26.3 Å². The topological polar surface area (TPSA) is 58.8 Å². The zero-order valence-corrected chi connectivity index (χ0v) is 17.5. The summed E-state index contributed by atoms with van der Waals surface area (Å²) in [5.41, 5.74) is 6.65. The van der Waals surface area contributed by atoms with Crippen LogP contribution in [0.3, 0.4) is 0 Å². The molecule has 1 aromatic rings.